The molecule has 2 aliphatic rings. The molecule has 2 saturated heterocycles. The first-order chi connectivity index (χ1) is 12.1. The van der Waals surface area contributed by atoms with Gasteiger partial charge in [-0.3, -0.25) is 14.4 Å². The third kappa shape index (κ3) is 4.73. The van der Waals surface area contributed by atoms with Gasteiger partial charge in [0.25, 0.3) is 5.91 Å². The van der Waals surface area contributed by atoms with Gasteiger partial charge in [0.1, 0.15) is 6.04 Å². The Balaban J connectivity index is 1.59. The number of nitrogens with one attached hydrogen (secondary N) is 2. The van der Waals surface area contributed by atoms with Gasteiger partial charge in [-0.1, -0.05) is 0 Å². The van der Waals surface area contributed by atoms with E-state index in [2.05, 4.69) is 10.6 Å². The summed E-state index contributed by atoms with van der Waals surface area (Å²) in [6.07, 6.45) is 0.437. The van der Waals surface area contributed by atoms with Crippen molar-refractivity contribution in [2.75, 3.05) is 43.1 Å². The summed E-state index contributed by atoms with van der Waals surface area (Å²) in [5.74, 6) is 0.916. The van der Waals surface area contributed by atoms with E-state index in [1.165, 1.54) is 0 Å². The fourth-order valence-electron chi connectivity index (χ4n) is 2.69. The minimum absolute atomic E-state index is 0.0337. The summed E-state index contributed by atoms with van der Waals surface area (Å²) in [7, 11) is 0. The van der Waals surface area contributed by atoms with Crippen LogP contribution in [0.5, 0.6) is 0 Å². The molecular formula is C17H21N3O4S. The monoisotopic (exact) mass is 363 g/mol. The highest BCUT2D eigenvalue weighted by atomic mass is 32.2. The Kier molecular flexibility index (Phi) is 5.93. The molecule has 2 aliphatic heterocycles. The van der Waals surface area contributed by atoms with Gasteiger partial charge in [0.2, 0.25) is 11.8 Å². The second kappa shape index (κ2) is 8.35. The standard InChI is InChI=1S/C17H21N3O4S/c21-15-5-10-25-11-14(19-15)16(22)18-13-3-1-12(2-4-13)17(23)20-6-8-24-9-7-20/h1-4,14H,5-11H2,(H,18,22)(H,19,21)/t14-/m1/s1. The Hall–Kier alpha value is -2.06. The van der Waals surface area contributed by atoms with Crippen LogP contribution < -0.4 is 10.6 Å². The molecule has 2 fully saturated rings. The fourth-order valence-corrected chi connectivity index (χ4v) is 3.66. The molecule has 2 N–H and O–H groups in total. The first-order valence-corrected chi connectivity index (χ1v) is 9.44. The van der Waals surface area contributed by atoms with E-state index in [4.69, 9.17) is 4.74 Å². The lowest BCUT2D eigenvalue weighted by Crippen LogP contribution is -2.44. The number of amides is 3. The minimum atomic E-state index is -0.533. The van der Waals surface area contributed by atoms with Crippen LogP contribution >= 0.6 is 11.8 Å². The van der Waals surface area contributed by atoms with Gasteiger partial charge in [-0.05, 0) is 24.3 Å². The van der Waals surface area contributed by atoms with Gasteiger partial charge in [0, 0.05) is 42.3 Å². The molecule has 0 aromatic heterocycles. The Morgan fingerprint density at radius 2 is 1.92 bits per heavy atom. The number of carbonyl (C=O) groups is 3. The van der Waals surface area contributed by atoms with Gasteiger partial charge in [-0.2, -0.15) is 11.8 Å². The lowest BCUT2D eigenvalue weighted by molar-refractivity contribution is -0.125. The molecule has 3 amide bonds. The van der Waals surface area contributed by atoms with Crippen molar-refractivity contribution < 1.29 is 19.1 Å². The normalized spacial score (nSPS) is 21.2. The summed E-state index contributed by atoms with van der Waals surface area (Å²) in [6.45, 7) is 2.31. The van der Waals surface area contributed by atoms with Crippen LogP contribution in [0.1, 0.15) is 16.8 Å². The lowest BCUT2D eigenvalue weighted by Gasteiger charge is -2.26. The average Bonchev–Trinajstić information content (AvgIpc) is 2.87. The average molecular weight is 363 g/mol. The minimum Gasteiger partial charge on any atom is -0.378 e. The largest absolute Gasteiger partial charge is 0.378 e. The van der Waals surface area contributed by atoms with Crippen LogP contribution in [0, 0.1) is 0 Å². The molecule has 2 heterocycles. The number of morpholine rings is 1. The number of thioether (sulfide) groups is 1. The van der Waals surface area contributed by atoms with Crippen LogP contribution in [0.3, 0.4) is 0 Å². The van der Waals surface area contributed by atoms with Crippen molar-refractivity contribution in [2.24, 2.45) is 0 Å². The van der Waals surface area contributed by atoms with E-state index >= 15 is 0 Å². The summed E-state index contributed by atoms with van der Waals surface area (Å²) in [4.78, 5) is 38.0. The number of hydrogen-bond donors (Lipinski definition) is 2. The highest BCUT2D eigenvalue weighted by Crippen LogP contribution is 2.15. The van der Waals surface area contributed by atoms with Crippen LogP contribution in [0.2, 0.25) is 0 Å². The first kappa shape index (κ1) is 17.8. The van der Waals surface area contributed by atoms with E-state index in [9.17, 15) is 14.4 Å². The maximum atomic E-state index is 12.4. The Labute approximate surface area is 150 Å². The molecule has 0 radical (unpaired) electrons. The van der Waals surface area contributed by atoms with Gasteiger partial charge in [0.15, 0.2) is 0 Å². The molecule has 134 valence electrons. The van der Waals surface area contributed by atoms with Crippen molar-refractivity contribution in [3.8, 4) is 0 Å². The molecule has 0 spiro atoms. The van der Waals surface area contributed by atoms with Crippen LogP contribution in [0.25, 0.3) is 0 Å². The van der Waals surface area contributed by atoms with E-state index in [1.807, 2.05) is 0 Å². The molecule has 0 unspecified atom stereocenters. The number of ether oxygens (including phenoxy) is 1. The summed E-state index contributed by atoms with van der Waals surface area (Å²) in [5.41, 5.74) is 1.19. The van der Waals surface area contributed by atoms with Crippen molar-refractivity contribution in [2.45, 2.75) is 12.5 Å². The van der Waals surface area contributed by atoms with Gasteiger partial charge >= 0.3 is 0 Å². The molecule has 1 atom stereocenters. The van der Waals surface area contributed by atoms with Crippen molar-refractivity contribution >= 4 is 35.2 Å². The Morgan fingerprint density at radius 3 is 2.64 bits per heavy atom. The van der Waals surface area contributed by atoms with Gasteiger partial charge in [-0.15, -0.1) is 0 Å². The highest BCUT2D eigenvalue weighted by Gasteiger charge is 2.24. The Bertz CT molecular complexity index is 644. The SMILES string of the molecule is O=C1CCSC[C@H](C(=O)Nc2ccc(C(=O)N3CCOCC3)cc2)N1. The highest BCUT2D eigenvalue weighted by molar-refractivity contribution is 7.99. The number of carbonyl (C=O) groups excluding carboxylic acids is 3. The maximum absolute atomic E-state index is 12.4. The second-order valence-corrected chi connectivity index (χ2v) is 7.07. The zero-order chi connectivity index (χ0) is 17.6. The van der Waals surface area contributed by atoms with Crippen molar-refractivity contribution in [1.29, 1.82) is 0 Å². The zero-order valence-corrected chi connectivity index (χ0v) is 14.6. The number of hydrogen-bond acceptors (Lipinski definition) is 5. The van der Waals surface area contributed by atoms with E-state index in [1.54, 1.807) is 40.9 Å². The van der Waals surface area contributed by atoms with Crippen LogP contribution in [0.15, 0.2) is 24.3 Å². The van der Waals surface area contributed by atoms with E-state index in [0.29, 0.717) is 49.7 Å². The summed E-state index contributed by atoms with van der Waals surface area (Å²) in [5, 5.41) is 5.52. The van der Waals surface area contributed by atoms with Crippen molar-refractivity contribution in [3.63, 3.8) is 0 Å². The molecule has 0 bridgehead atoms. The molecule has 1 aromatic rings. The summed E-state index contributed by atoms with van der Waals surface area (Å²) < 4.78 is 5.25. The molecule has 25 heavy (non-hydrogen) atoms. The molecule has 8 heteroatoms. The fraction of sp³-hybridized carbons (Fsp3) is 0.471. The third-order valence-electron chi connectivity index (χ3n) is 4.11. The number of nitrogens with zero attached hydrogens (tertiary/aromatic N) is 1. The number of anilines is 1. The molecule has 0 saturated carbocycles. The molecule has 7 nitrogen and oxygen atoms in total. The number of benzene rings is 1. The van der Waals surface area contributed by atoms with E-state index in [0.717, 1.165) is 5.75 Å². The molecule has 3 rings (SSSR count). The first-order valence-electron chi connectivity index (χ1n) is 8.28. The topological polar surface area (TPSA) is 87.7 Å². The van der Waals surface area contributed by atoms with Crippen LogP contribution in [0.4, 0.5) is 5.69 Å². The third-order valence-corrected chi connectivity index (χ3v) is 5.17. The molecular weight excluding hydrogens is 342 g/mol. The van der Waals surface area contributed by atoms with Crippen molar-refractivity contribution in [3.05, 3.63) is 29.8 Å². The smallest absolute Gasteiger partial charge is 0.254 e. The van der Waals surface area contributed by atoms with Crippen molar-refractivity contribution in [1.82, 2.24) is 10.2 Å². The van der Waals surface area contributed by atoms with Crippen LogP contribution in [-0.4, -0.2) is 66.5 Å². The molecule has 1 aromatic carbocycles. The maximum Gasteiger partial charge on any atom is 0.254 e. The zero-order valence-electron chi connectivity index (χ0n) is 13.8. The van der Waals surface area contributed by atoms with Gasteiger partial charge in [0.05, 0.1) is 13.2 Å². The van der Waals surface area contributed by atoms with E-state index in [-0.39, 0.29) is 17.7 Å². The predicted octanol–water partition coefficient (Wildman–Crippen LogP) is 0.719. The van der Waals surface area contributed by atoms with Gasteiger partial charge < -0.3 is 20.3 Å². The Morgan fingerprint density at radius 1 is 1.20 bits per heavy atom. The number of rotatable bonds is 3. The summed E-state index contributed by atoms with van der Waals surface area (Å²) >= 11 is 1.58. The van der Waals surface area contributed by atoms with Gasteiger partial charge in [-0.25, -0.2) is 0 Å². The second-order valence-electron chi connectivity index (χ2n) is 5.92. The lowest BCUT2D eigenvalue weighted by atomic mass is 10.1. The predicted molar refractivity (Wildman–Crippen MR) is 95.7 cm³/mol. The molecule has 0 aliphatic carbocycles. The summed E-state index contributed by atoms with van der Waals surface area (Å²) in [6, 6.07) is 6.28. The quantitative estimate of drug-likeness (QED) is 0.826. The van der Waals surface area contributed by atoms with E-state index < -0.39 is 6.04 Å². The van der Waals surface area contributed by atoms with Crippen LogP contribution in [-0.2, 0) is 14.3 Å².